The lowest BCUT2D eigenvalue weighted by Crippen LogP contribution is -2.50. The van der Waals surface area contributed by atoms with Crippen molar-refractivity contribution in [2.24, 2.45) is 10.8 Å². The minimum atomic E-state index is 0.395. The van der Waals surface area contributed by atoms with Gasteiger partial charge in [-0.2, -0.15) is 0 Å². The summed E-state index contributed by atoms with van der Waals surface area (Å²) < 4.78 is 0. The number of hydrogen-bond donors (Lipinski definition) is 1. The summed E-state index contributed by atoms with van der Waals surface area (Å²) in [5.41, 5.74) is 0.811. The molecule has 108 valence electrons. The first-order chi connectivity index (χ1) is 8.07. The highest BCUT2D eigenvalue weighted by molar-refractivity contribution is 4.85. The maximum absolute atomic E-state index is 3.75. The van der Waals surface area contributed by atoms with Crippen LogP contribution < -0.4 is 5.32 Å². The normalized spacial score (nSPS) is 27.5. The maximum Gasteiger partial charge on any atom is 0.00942 e. The van der Waals surface area contributed by atoms with Crippen LogP contribution >= 0.6 is 0 Å². The Morgan fingerprint density at radius 2 is 1.67 bits per heavy atom. The van der Waals surface area contributed by atoms with Gasteiger partial charge in [0.15, 0.2) is 0 Å². The van der Waals surface area contributed by atoms with Crippen molar-refractivity contribution in [3.05, 3.63) is 0 Å². The molecule has 1 N–H and O–H groups in total. The molecule has 0 aromatic carbocycles. The summed E-state index contributed by atoms with van der Waals surface area (Å²) in [5.74, 6) is 0. The quantitative estimate of drug-likeness (QED) is 0.829. The Balaban J connectivity index is 2.37. The van der Waals surface area contributed by atoms with Gasteiger partial charge >= 0.3 is 0 Å². The largest absolute Gasteiger partial charge is 0.313 e. The molecule has 0 aliphatic carbocycles. The molecule has 2 heteroatoms. The molecule has 0 radical (unpaired) electrons. The fourth-order valence-corrected chi connectivity index (χ4v) is 2.70. The lowest BCUT2D eigenvalue weighted by Gasteiger charge is -2.41. The number of nitrogens with one attached hydrogen (secondary N) is 1. The Labute approximate surface area is 115 Å². The minimum Gasteiger partial charge on any atom is -0.313 e. The lowest BCUT2D eigenvalue weighted by atomic mass is 9.90. The molecule has 2 nitrogen and oxygen atoms in total. The van der Waals surface area contributed by atoms with Crippen LogP contribution in [0.3, 0.4) is 0 Å². The first-order valence-electron chi connectivity index (χ1n) is 7.54. The topological polar surface area (TPSA) is 15.3 Å². The third-order valence-corrected chi connectivity index (χ3v) is 3.61. The Hall–Kier alpha value is -0.0800. The van der Waals surface area contributed by atoms with E-state index in [1.165, 1.54) is 25.9 Å². The second-order valence-corrected chi connectivity index (χ2v) is 8.54. The fourth-order valence-electron chi connectivity index (χ4n) is 2.70. The first-order valence-corrected chi connectivity index (χ1v) is 7.54. The van der Waals surface area contributed by atoms with Crippen molar-refractivity contribution in [2.75, 3.05) is 19.6 Å². The number of rotatable bonds is 3. The van der Waals surface area contributed by atoms with Gasteiger partial charge in [-0.3, -0.25) is 0 Å². The summed E-state index contributed by atoms with van der Waals surface area (Å²) in [4.78, 5) is 2.66. The molecule has 2 unspecified atom stereocenters. The molecule has 1 aliphatic heterocycles. The van der Waals surface area contributed by atoms with Crippen LogP contribution in [0.4, 0.5) is 0 Å². The molecule has 1 heterocycles. The van der Waals surface area contributed by atoms with Gasteiger partial charge in [0.2, 0.25) is 0 Å². The highest BCUT2D eigenvalue weighted by atomic mass is 15.2. The smallest absolute Gasteiger partial charge is 0.00942 e. The lowest BCUT2D eigenvalue weighted by molar-refractivity contribution is 0.0939. The minimum absolute atomic E-state index is 0.395. The van der Waals surface area contributed by atoms with Gasteiger partial charge in [0.25, 0.3) is 0 Å². The monoisotopic (exact) mass is 254 g/mol. The van der Waals surface area contributed by atoms with Crippen LogP contribution in [-0.2, 0) is 0 Å². The molecule has 0 spiro atoms. The molecule has 0 aromatic rings. The highest BCUT2D eigenvalue weighted by Crippen LogP contribution is 2.23. The van der Waals surface area contributed by atoms with Crippen molar-refractivity contribution in [2.45, 2.75) is 73.4 Å². The zero-order valence-electron chi connectivity index (χ0n) is 13.6. The van der Waals surface area contributed by atoms with Gasteiger partial charge < -0.3 is 10.2 Å². The third kappa shape index (κ3) is 6.19. The van der Waals surface area contributed by atoms with Gasteiger partial charge in [-0.15, -0.1) is 0 Å². The first kappa shape index (κ1) is 16.0. The zero-order chi connectivity index (χ0) is 14.0. The molecule has 0 aromatic heterocycles. The van der Waals surface area contributed by atoms with Crippen LogP contribution in [0.1, 0.15) is 61.3 Å². The van der Waals surface area contributed by atoms with Crippen molar-refractivity contribution in [3.8, 4) is 0 Å². The van der Waals surface area contributed by atoms with E-state index in [0.29, 0.717) is 10.8 Å². The molecular formula is C16H34N2. The summed E-state index contributed by atoms with van der Waals surface area (Å²) in [6, 6.07) is 1.44. The van der Waals surface area contributed by atoms with Gasteiger partial charge in [-0.25, -0.2) is 0 Å². The van der Waals surface area contributed by atoms with E-state index in [1.807, 2.05) is 0 Å². The molecule has 1 fully saturated rings. The Morgan fingerprint density at radius 1 is 1.06 bits per heavy atom. The van der Waals surface area contributed by atoms with Crippen LogP contribution in [0.25, 0.3) is 0 Å². The summed E-state index contributed by atoms with van der Waals surface area (Å²) >= 11 is 0. The summed E-state index contributed by atoms with van der Waals surface area (Å²) in [7, 11) is 0. The predicted molar refractivity (Wildman–Crippen MR) is 81.0 cm³/mol. The Bertz CT molecular complexity index is 247. The molecule has 1 rings (SSSR count). The van der Waals surface area contributed by atoms with E-state index in [4.69, 9.17) is 0 Å². The summed E-state index contributed by atoms with van der Waals surface area (Å²) in [6.45, 7) is 19.9. The van der Waals surface area contributed by atoms with E-state index >= 15 is 0 Å². The van der Waals surface area contributed by atoms with Crippen molar-refractivity contribution < 1.29 is 0 Å². The number of nitrogens with zero attached hydrogens (tertiary/aromatic N) is 1. The summed E-state index contributed by atoms with van der Waals surface area (Å²) in [6.07, 6.45) is 2.60. The van der Waals surface area contributed by atoms with Crippen LogP contribution in [0.2, 0.25) is 0 Å². The van der Waals surface area contributed by atoms with Crippen molar-refractivity contribution >= 4 is 0 Å². The van der Waals surface area contributed by atoms with E-state index < -0.39 is 0 Å². The van der Waals surface area contributed by atoms with Crippen LogP contribution in [0.15, 0.2) is 0 Å². The molecule has 0 bridgehead atoms. The van der Waals surface area contributed by atoms with Crippen LogP contribution in [0.5, 0.6) is 0 Å². The van der Waals surface area contributed by atoms with Gasteiger partial charge in [0.05, 0.1) is 0 Å². The van der Waals surface area contributed by atoms with E-state index in [1.54, 1.807) is 0 Å². The van der Waals surface area contributed by atoms with Crippen molar-refractivity contribution in [1.29, 1.82) is 0 Å². The third-order valence-electron chi connectivity index (χ3n) is 3.61. The van der Waals surface area contributed by atoms with Crippen LogP contribution in [-0.4, -0.2) is 36.6 Å². The number of hydrogen-bond acceptors (Lipinski definition) is 2. The van der Waals surface area contributed by atoms with Crippen molar-refractivity contribution in [3.63, 3.8) is 0 Å². The standard InChI is InChI=1S/C16H34N2/c1-13-10-14(17-11-15(2,3)4)8-9-18(13)12-16(5,6)7/h13-14,17H,8-12H2,1-7H3. The highest BCUT2D eigenvalue weighted by Gasteiger charge is 2.28. The van der Waals surface area contributed by atoms with E-state index in [9.17, 15) is 0 Å². The SMILES string of the molecule is CC1CC(NCC(C)(C)C)CCN1CC(C)(C)C. The average molecular weight is 254 g/mol. The molecular weight excluding hydrogens is 220 g/mol. The van der Waals surface area contributed by atoms with E-state index in [-0.39, 0.29) is 0 Å². The van der Waals surface area contributed by atoms with Gasteiger partial charge in [-0.05, 0) is 37.1 Å². The molecule has 1 aliphatic rings. The Kier molecular flexibility index (Phi) is 5.25. The zero-order valence-corrected chi connectivity index (χ0v) is 13.6. The average Bonchev–Trinajstić information content (AvgIpc) is 2.15. The van der Waals surface area contributed by atoms with E-state index in [0.717, 1.165) is 18.6 Å². The fraction of sp³-hybridized carbons (Fsp3) is 1.00. The molecule has 18 heavy (non-hydrogen) atoms. The van der Waals surface area contributed by atoms with Crippen molar-refractivity contribution in [1.82, 2.24) is 10.2 Å². The van der Waals surface area contributed by atoms with Gasteiger partial charge in [-0.1, -0.05) is 41.5 Å². The molecule has 2 atom stereocenters. The number of piperidine rings is 1. The second kappa shape index (κ2) is 5.92. The van der Waals surface area contributed by atoms with Crippen LogP contribution in [0, 0.1) is 10.8 Å². The van der Waals surface area contributed by atoms with Gasteiger partial charge in [0.1, 0.15) is 0 Å². The van der Waals surface area contributed by atoms with E-state index in [2.05, 4.69) is 58.7 Å². The number of likely N-dealkylation sites (tertiary alicyclic amines) is 1. The Morgan fingerprint density at radius 3 is 2.11 bits per heavy atom. The van der Waals surface area contributed by atoms with Gasteiger partial charge in [0, 0.05) is 25.2 Å². The second-order valence-electron chi connectivity index (χ2n) is 8.54. The summed E-state index contributed by atoms with van der Waals surface area (Å²) in [5, 5.41) is 3.75. The molecule has 0 amide bonds. The maximum atomic E-state index is 3.75. The molecule has 1 saturated heterocycles. The molecule has 0 saturated carbocycles. The predicted octanol–water partition coefficient (Wildman–Crippen LogP) is 3.52.